The number of carbonyl (C=O) groups is 1. The molecule has 4 rings (SSSR count). The lowest BCUT2D eigenvalue weighted by Gasteiger charge is -2.21. The first-order valence-electron chi connectivity index (χ1n) is 8.36. The van der Waals surface area contributed by atoms with Gasteiger partial charge in [0.15, 0.2) is 0 Å². The van der Waals surface area contributed by atoms with E-state index in [4.69, 9.17) is 4.74 Å². The smallest absolute Gasteiger partial charge is 0.319 e. The summed E-state index contributed by atoms with van der Waals surface area (Å²) >= 11 is 0. The van der Waals surface area contributed by atoms with E-state index in [0.717, 1.165) is 38.0 Å². The van der Waals surface area contributed by atoms with Crippen LogP contribution in [0.15, 0.2) is 24.3 Å². The molecule has 2 bridgehead atoms. The Labute approximate surface area is 131 Å². The number of urea groups is 1. The van der Waals surface area contributed by atoms with E-state index < -0.39 is 0 Å². The van der Waals surface area contributed by atoms with Gasteiger partial charge in [-0.3, -0.25) is 0 Å². The molecule has 0 aromatic heterocycles. The van der Waals surface area contributed by atoms with Gasteiger partial charge in [-0.2, -0.15) is 0 Å². The Balaban J connectivity index is 1.36. The molecule has 0 aliphatic carbocycles. The molecule has 3 aliphatic heterocycles. The molecule has 0 unspecified atom stereocenters. The number of fused-ring (bicyclic) bond motifs is 2. The SMILES string of the molecule is O=C(Nc1cccc(N2CCCC2)c1)N[C@H]1C[C@H]2CC[C@H]1O2. The fourth-order valence-corrected chi connectivity index (χ4v) is 3.88. The molecule has 5 heteroatoms. The molecule has 3 aliphatic rings. The first-order valence-corrected chi connectivity index (χ1v) is 8.36. The van der Waals surface area contributed by atoms with Crippen molar-refractivity contribution in [3.63, 3.8) is 0 Å². The second-order valence-electron chi connectivity index (χ2n) is 6.56. The van der Waals surface area contributed by atoms with Crippen molar-refractivity contribution in [1.29, 1.82) is 0 Å². The van der Waals surface area contributed by atoms with Gasteiger partial charge in [-0.1, -0.05) is 6.07 Å². The topological polar surface area (TPSA) is 53.6 Å². The van der Waals surface area contributed by atoms with Crippen molar-refractivity contribution in [3.05, 3.63) is 24.3 Å². The molecule has 3 saturated heterocycles. The first-order chi connectivity index (χ1) is 10.8. The van der Waals surface area contributed by atoms with Crippen molar-refractivity contribution in [2.45, 2.75) is 50.4 Å². The van der Waals surface area contributed by atoms with Crippen LogP contribution >= 0.6 is 0 Å². The molecule has 0 saturated carbocycles. The van der Waals surface area contributed by atoms with Crippen molar-refractivity contribution < 1.29 is 9.53 Å². The highest BCUT2D eigenvalue weighted by Crippen LogP contribution is 2.34. The van der Waals surface area contributed by atoms with Gasteiger partial charge in [0.2, 0.25) is 0 Å². The lowest BCUT2D eigenvalue weighted by molar-refractivity contribution is 0.0984. The lowest BCUT2D eigenvalue weighted by atomic mass is 9.96. The second-order valence-corrected chi connectivity index (χ2v) is 6.56. The van der Waals surface area contributed by atoms with Crippen LogP contribution in [0.2, 0.25) is 0 Å². The Hall–Kier alpha value is -1.75. The molecule has 0 spiro atoms. The van der Waals surface area contributed by atoms with Gasteiger partial charge in [-0.05, 0) is 50.3 Å². The average molecular weight is 301 g/mol. The number of benzene rings is 1. The van der Waals surface area contributed by atoms with Crippen LogP contribution in [0, 0.1) is 0 Å². The number of nitrogens with zero attached hydrogens (tertiary/aromatic N) is 1. The molecule has 2 N–H and O–H groups in total. The number of hydrogen-bond donors (Lipinski definition) is 2. The van der Waals surface area contributed by atoms with Gasteiger partial charge in [0.1, 0.15) is 0 Å². The Morgan fingerprint density at radius 3 is 2.82 bits per heavy atom. The summed E-state index contributed by atoms with van der Waals surface area (Å²) in [5.41, 5.74) is 2.05. The van der Waals surface area contributed by atoms with Crippen LogP contribution in [0.3, 0.4) is 0 Å². The van der Waals surface area contributed by atoms with Crippen LogP contribution in [0.5, 0.6) is 0 Å². The standard InChI is InChI=1S/C17H23N3O2/c21-17(19-15-11-14-6-7-16(15)22-14)18-12-4-3-5-13(10-12)20-8-1-2-9-20/h3-5,10,14-16H,1-2,6-9,11H2,(H2,18,19,21)/t14-,15+,16-/m1/s1. The molecule has 22 heavy (non-hydrogen) atoms. The van der Waals surface area contributed by atoms with E-state index in [1.165, 1.54) is 18.5 Å². The summed E-state index contributed by atoms with van der Waals surface area (Å²) in [5, 5.41) is 6.02. The number of amides is 2. The number of hydrogen-bond acceptors (Lipinski definition) is 3. The van der Waals surface area contributed by atoms with Crippen LogP contribution < -0.4 is 15.5 Å². The number of carbonyl (C=O) groups excluding carboxylic acids is 1. The molecule has 1 aromatic rings. The zero-order valence-corrected chi connectivity index (χ0v) is 12.8. The molecule has 2 amide bonds. The van der Waals surface area contributed by atoms with Crippen LogP contribution in [-0.4, -0.2) is 37.4 Å². The van der Waals surface area contributed by atoms with Crippen LogP contribution in [0.25, 0.3) is 0 Å². The number of ether oxygens (including phenoxy) is 1. The van der Waals surface area contributed by atoms with Crippen LogP contribution in [0.4, 0.5) is 16.2 Å². The summed E-state index contributed by atoms with van der Waals surface area (Å²) in [6.45, 7) is 2.22. The third kappa shape index (κ3) is 2.77. The highest BCUT2D eigenvalue weighted by molar-refractivity contribution is 5.90. The number of rotatable bonds is 3. The van der Waals surface area contributed by atoms with Crippen molar-refractivity contribution in [2.24, 2.45) is 0 Å². The van der Waals surface area contributed by atoms with Gasteiger partial charge in [0.25, 0.3) is 0 Å². The lowest BCUT2D eigenvalue weighted by Crippen LogP contribution is -2.43. The molecular weight excluding hydrogens is 278 g/mol. The summed E-state index contributed by atoms with van der Waals surface area (Å²) in [7, 11) is 0. The summed E-state index contributed by atoms with van der Waals surface area (Å²) in [5.74, 6) is 0. The largest absolute Gasteiger partial charge is 0.373 e. The summed E-state index contributed by atoms with van der Waals surface area (Å²) in [4.78, 5) is 14.6. The van der Waals surface area contributed by atoms with Crippen molar-refractivity contribution in [1.82, 2.24) is 5.32 Å². The van der Waals surface area contributed by atoms with Gasteiger partial charge in [0.05, 0.1) is 18.2 Å². The molecule has 3 fully saturated rings. The Kier molecular flexibility index (Phi) is 3.66. The molecular formula is C17H23N3O2. The quantitative estimate of drug-likeness (QED) is 0.902. The van der Waals surface area contributed by atoms with E-state index in [0.29, 0.717) is 6.10 Å². The third-order valence-corrected chi connectivity index (χ3v) is 5.00. The molecule has 3 heterocycles. The fraction of sp³-hybridized carbons (Fsp3) is 0.588. The van der Waals surface area contributed by atoms with E-state index in [9.17, 15) is 4.79 Å². The molecule has 118 valence electrons. The minimum atomic E-state index is -0.125. The first kappa shape index (κ1) is 13.9. The predicted octanol–water partition coefficient (Wildman–Crippen LogP) is 2.73. The Bertz CT molecular complexity index is 557. The van der Waals surface area contributed by atoms with Gasteiger partial charge < -0.3 is 20.3 Å². The number of anilines is 2. The second kappa shape index (κ2) is 5.80. The van der Waals surface area contributed by atoms with Gasteiger partial charge in [-0.15, -0.1) is 0 Å². The Morgan fingerprint density at radius 2 is 2.09 bits per heavy atom. The van der Waals surface area contributed by atoms with Crippen LogP contribution in [-0.2, 0) is 4.74 Å². The molecule has 1 aromatic carbocycles. The zero-order chi connectivity index (χ0) is 14.9. The van der Waals surface area contributed by atoms with Crippen molar-refractivity contribution >= 4 is 17.4 Å². The van der Waals surface area contributed by atoms with E-state index in [-0.39, 0.29) is 18.2 Å². The normalized spacial score (nSPS) is 29.8. The minimum absolute atomic E-state index is 0.125. The highest BCUT2D eigenvalue weighted by atomic mass is 16.5. The molecule has 5 nitrogen and oxygen atoms in total. The van der Waals surface area contributed by atoms with Crippen molar-refractivity contribution in [2.75, 3.05) is 23.3 Å². The minimum Gasteiger partial charge on any atom is -0.373 e. The van der Waals surface area contributed by atoms with E-state index in [1.54, 1.807) is 0 Å². The highest BCUT2D eigenvalue weighted by Gasteiger charge is 2.41. The third-order valence-electron chi connectivity index (χ3n) is 5.00. The summed E-state index contributed by atoms with van der Waals surface area (Å²) < 4.78 is 5.77. The maximum absolute atomic E-state index is 12.2. The van der Waals surface area contributed by atoms with Crippen LogP contribution in [0.1, 0.15) is 32.1 Å². The van der Waals surface area contributed by atoms with Gasteiger partial charge in [-0.25, -0.2) is 4.79 Å². The maximum Gasteiger partial charge on any atom is 0.319 e. The summed E-state index contributed by atoms with van der Waals surface area (Å²) in [6.07, 6.45) is 6.24. The van der Waals surface area contributed by atoms with E-state index in [1.807, 2.05) is 12.1 Å². The van der Waals surface area contributed by atoms with Crippen molar-refractivity contribution in [3.8, 4) is 0 Å². The summed E-state index contributed by atoms with van der Waals surface area (Å²) in [6, 6.07) is 8.15. The monoisotopic (exact) mass is 301 g/mol. The Morgan fingerprint density at radius 1 is 1.23 bits per heavy atom. The van der Waals surface area contributed by atoms with E-state index in [2.05, 4.69) is 27.7 Å². The predicted molar refractivity (Wildman–Crippen MR) is 86.3 cm³/mol. The van der Waals surface area contributed by atoms with E-state index >= 15 is 0 Å². The molecule has 3 atom stereocenters. The fourth-order valence-electron chi connectivity index (χ4n) is 3.88. The van der Waals surface area contributed by atoms with Gasteiger partial charge >= 0.3 is 6.03 Å². The molecule has 0 radical (unpaired) electrons. The average Bonchev–Trinajstić information content (AvgIpc) is 3.25. The number of nitrogens with one attached hydrogen (secondary N) is 2. The van der Waals surface area contributed by atoms with Gasteiger partial charge in [0, 0.05) is 24.5 Å². The zero-order valence-electron chi connectivity index (χ0n) is 12.8. The maximum atomic E-state index is 12.2.